The Hall–Kier alpha value is -2.03. The number of piperazine rings is 1. The second-order valence-corrected chi connectivity index (χ2v) is 11.6. The fraction of sp³-hybridized carbons (Fsp3) is 0.333. The van der Waals surface area contributed by atoms with E-state index < -0.39 is 15.6 Å². The van der Waals surface area contributed by atoms with Crippen LogP contribution in [0.1, 0.15) is 25.0 Å². The van der Waals surface area contributed by atoms with Gasteiger partial charge in [-0.15, -0.1) is 11.3 Å². The number of hydrogen-bond acceptors (Lipinski definition) is 5. The molecule has 0 bridgehead atoms. The third-order valence-electron chi connectivity index (χ3n) is 5.71. The van der Waals surface area contributed by atoms with E-state index in [-0.39, 0.29) is 0 Å². The highest BCUT2D eigenvalue weighted by Crippen LogP contribution is 2.26. The topological polar surface area (TPSA) is 60.9 Å². The number of nitrogens with zero attached hydrogens (tertiary/aromatic N) is 2. The summed E-state index contributed by atoms with van der Waals surface area (Å²) in [7, 11) is -3.35. The summed E-state index contributed by atoms with van der Waals surface area (Å²) >= 11 is 1.27. The van der Waals surface area contributed by atoms with Crippen LogP contribution in [-0.4, -0.2) is 48.9 Å². The molecule has 0 atom stereocenters. The van der Waals surface area contributed by atoms with E-state index >= 15 is 0 Å². The summed E-state index contributed by atoms with van der Waals surface area (Å²) in [6.45, 7) is 6.88. The number of hydrogen-bond donors (Lipinski definition) is 1. The number of aliphatic hydroxyl groups is 1. The Bertz CT molecular complexity index is 1090. The molecule has 4 rings (SSSR count). The van der Waals surface area contributed by atoms with Gasteiger partial charge in [0, 0.05) is 32.7 Å². The summed E-state index contributed by atoms with van der Waals surface area (Å²) in [5.74, 6) is 0. The summed E-state index contributed by atoms with van der Waals surface area (Å²) in [6.07, 6.45) is 0. The molecule has 31 heavy (non-hydrogen) atoms. The van der Waals surface area contributed by atoms with Crippen LogP contribution in [0, 0.1) is 0 Å². The van der Waals surface area contributed by atoms with E-state index in [0.29, 0.717) is 17.3 Å². The smallest absolute Gasteiger partial charge is 0.252 e. The van der Waals surface area contributed by atoms with Crippen LogP contribution in [-0.2, 0) is 22.2 Å². The van der Waals surface area contributed by atoms with E-state index in [4.69, 9.17) is 0 Å². The zero-order valence-electron chi connectivity index (χ0n) is 17.9. The molecule has 1 saturated heterocycles. The van der Waals surface area contributed by atoms with Crippen LogP contribution in [0.25, 0.3) is 11.1 Å². The van der Waals surface area contributed by atoms with Gasteiger partial charge < -0.3 is 5.11 Å². The Kier molecular flexibility index (Phi) is 6.32. The molecule has 0 unspecified atom stereocenters. The van der Waals surface area contributed by atoms with Gasteiger partial charge in [-0.2, -0.15) is 4.31 Å². The van der Waals surface area contributed by atoms with Crippen LogP contribution in [0.5, 0.6) is 0 Å². The van der Waals surface area contributed by atoms with E-state index in [0.717, 1.165) is 36.3 Å². The quantitative estimate of drug-likeness (QED) is 0.605. The number of benzene rings is 2. The van der Waals surface area contributed by atoms with Crippen molar-refractivity contribution < 1.29 is 13.5 Å². The molecule has 0 saturated carbocycles. The van der Waals surface area contributed by atoms with Gasteiger partial charge in [0.05, 0.1) is 5.60 Å². The van der Waals surface area contributed by atoms with Crippen molar-refractivity contribution in [3.8, 4) is 11.1 Å². The summed E-state index contributed by atoms with van der Waals surface area (Å²) < 4.78 is 27.3. The van der Waals surface area contributed by atoms with E-state index in [1.807, 2.05) is 24.3 Å². The molecule has 1 aromatic heterocycles. The van der Waals surface area contributed by atoms with Gasteiger partial charge >= 0.3 is 0 Å². The first-order valence-electron chi connectivity index (χ1n) is 10.4. The fourth-order valence-corrected chi connectivity index (χ4v) is 6.36. The molecular formula is C24H28N2O3S2. The minimum absolute atomic E-state index is 0.423. The highest BCUT2D eigenvalue weighted by molar-refractivity contribution is 7.91. The lowest BCUT2D eigenvalue weighted by molar-refractivity contribution is 0.0786. The molecule has 7 heteroatoms. The standard InChI is InChI=1S/C24H28N2O3S2/c1-24(2,27)22-11-9-21(10-12-22)20-7-5-19(6-8-20)18-25-13-15-26(16-14-25)31(28,29)23-4-3-17-30-23/h3-12,17,27H,13-16,18H2,1-2H3. The zero-order chi connectivity index (χ0) is 22.1. The van der Waals surface area contributed by atoms with Crippen LogP contribution in [0.2, 0.25) is 0 Å². The van der Waals surface area contributed by atoms with Crippen molar-refractivity contribution in [2.45, 2.75) is 30.2 Å². The van der Waals surface area contributed by atoms with Gasteiger partial charge in [0.15, 0.2) is 0 Å². The molecule has 1 N–H and O–H groups in total. The molecule has 1 aliphatic rings. The number of rotatable bonds is 6. The molecule has 164 valence electrons. The first-order valence-corrected chi connectivity index (χ1v) is 12.7. The van der Waals surface area contributed by atoms with Gasteiger partial charge in [0.1, 0.15) is 4.21 Å². The Balaban J connectivity index is 1.35. The largest absolute Gasteiger partial charge is 0.386 e. The number of sulfonamides is 1. The number of thiophene rings is 1. The molecule has 1 fully saturated rings. The first-order chi connectivity index (χ1) is 14.7. The Morgan fingerprint density at radius 2 is 1.48 bits per heavy atom. The molecule has 0 aliphatic carbocycles. The third kappa shape index (κ3) is 5.07. The molecule has 5 nitrogen and oxygen atoms in total. The van der Waals surface area contributed by atoms with Crippen LogP contribution >= 0.6 is 11.3 Å². The average Bonchev–Trinajstić information content (AvgIpc) is 3.30. The minimum atomic E-state index is -3.35. The molecule has 1 aliphatic heterocycles. The summed E-state index contributed by atoms with van der Waals surface area (Å²) in [5.41, 5.74) is 3.53. The van der Waals surface area contributed by atoms with Crippen LogP contribution < -0.4 is 0 Å². The van der Waals surface area contributed by atoms with Crippen molar-refractivity contribution >= 4 is 21.4 Å². The highest BCUT2D eigenvalue weighted by atomic mass is 32.2. The Morgan fingerprint density at radius 3 is 2.00 bits per heavy atom. The van der Waals surface area contributed by atoms with Crippen molar-refractivity contribution in [1.29, 1.82) is 0 Å². The van der Waals surface area contributed by atoms with Crippen molar-refractivity contribution in [3.63, 3.8) is 0 Å². The Labute approximate surface area is 188 Å². The lowest BCUT2D eigenvalue weighted by Gasteiger charge is -2.33. The minimum Gasteiger partial charge on any atom is -0.386 e. The second-order valence-electron chi connectivity index (χ2n) is 8.45. The molecule has 2 aromatic carbocycles. The van der Waals surface area contributed by atoms with Gasteiger partial charge in [0.25, 0.3) is 10.0 Å². The first kappa shape index (κ1) is 22.2. The third-order valence-corrected chi connectivity index (χ3v) is 8.98. The summed E-state index contributed by atoms with van der Waals surface area (Å²) in [4.78, 5) is 2.30. The SMILES string of the molecule is CC(C)(O)c1ccc(-c2ccc(CN3CCN(S(=O)(=O)c4cccs4)CC3)cc2)cc1. The lowest BCUT2D eigenvalue weighted by Crippen LogP contribution is -2.48. The van der Waals surface area contributed by atoms with E-state index in [2.05, 4.69) is 29.2 Å². The predicted molar refractivity (Wildman–Crippen MR) is 125 cm³/mol. The molecule has 2 heterocycles. The maximum Gasteiger partial charge on any atom is 0.252 e. The maximum absolute atomic E-state index is 12.7. The van der Waals surface area contributed by atoms with Gasteiger partial charge in [-0.3, -0.25) is 4.90 Å². The average molecular weight is 457 g/mol. The predicted octanol–water partition coefficient (Wildman–Crippen LogP) is 4.15. The van der Waals surface area contributed by atoms with Crippen molar-refractivity contribution in [3.05, 3.63) is 77.2 Å². The lowest BCUT2D eigenvalue weighted by atomic mass is 9.95. The van der Waals surface area contributed by atoms with Crippen molar-refractivity contribution in [1.82, 2.24) is 9.21 Å². The summed E-state index contributed by atoms with van der Waals surface area (Å²) in [6, 6.07) is 20.0. The molecule has 0 amide bonds. The van der Waals surface area contributed by atoms with E-state index in [9.17, 15) is 13.5 Å². The van der Waals surface area contributed by atoms with Gasteiger partial charge in [-0.25, -0.2) is 8.42 Å². The molecular weight excluding hydrogens is 428 g/mol. The molecule has 3 aromatic rings. The van der Waals surface area contributed by atoms with E-state index in [1.165, 1.54) is 16.9 Å². The highest BCUT2D eigenvalue weighted by Gasteiger charge is 2.29. The zero-order valence-corrected chi connectivity index (χ0v) is 19.5. The molecule has 0 radical (unpaired) electrons. The maximum atomic E-state index is 12.7. The van der Waals surface area contributed by atoms with Gasteiger partial charge in [0.2, 0.25) is 0 Å². The summed E-state index contributed by atoms with van der Waals surface area (Å²) in [5, 5.41) is 11.9. The Morgan fingerprint density at radius 1 is 0.903 bits per heavy atom. The van der Waals surface area contributed by atoms with Crippen LogP contribution in [0.3, 0.4) is 0 Å². The normalized spacial score (nSPS) is 16.5. The van der Waals surface area contributed by atoms with Crippen molar-refractivity contribution in [2.24, 2.45) is 0 Å². The second kappa shape index (κ2) is 8.84. The molecule has 0 spiro atoms. The van der Waals surface area contributed by atoms with Crippen LogP contribution in [0.4, 0.5) is 0 Å². The van der Waals surface area contributed by atoms with Gasteiger partial charge in [-0.05, 0) is 47.5 Å². The van der Waals surface area contributed by atoms with Gasteiger partial charge in [-0.1, -0.05) is 54.6 Å². The van der Waals surface area contributed by atoms with E-state index in [1.54, 1.807) is 35.7 Å². The van der Waals surface area contributed by atoms with Crippen LogP contribution in [0.15, 0.2) is 70.3 Å². The monoisotopic (exact) mass is 456 g/mol. The fourth-order valence-electron chi connectivity index (χ4n) is 3.80. The van der Waals surface area contributed by atoms with Crippen molar-refractivity contribution in [2.75, 3.05) is 26.2 Å².